The van der Waals surface area contributed by atoms with E-state index >= 15 is 0 Å². The number of carbonyl (C=O) groups excluding carboxylic acids is 1. The molecular weight excluding hydrogens is 356 g/mol. The number of hydrogen-bond donors (Lipinski definition) is 0. The van der Waals surface area contributed by atoms with Crippen LogP contribution < -0.4 is 0 Å². The van der Waals surface area contributed by atoms with E-state index in [1.165, 1.54) is 0 Å². The van der Waals surface area contributed by atoms with Gasteiger partial charge in [0.25, 0.3) is 5.91 Å². The van der Waals surface area contributed by atoms with E-state index < -0.39 is 0 Å². The Morgan fingerprint density at radius 3 is 2.61 bits per heavy atom. The summed E-state index contributed by atoms with van der Waals surface area (Å²) in [7, 11) is 1.66. The smallest absolute Gasteiger partial charge is 0.255 e. The first-order chi connectivity index (χ1) is 13.6. The molecule has 3 heterocycles. The van der Waals surface area contributed by atoms with Gasteiger partial charge in [0.1, 0.15) is 5.82 Å². The lowest BCUT2D eigenvalue weighted by Crippen LogP contribution is -2.38. The minimum Gasteiger partial charge on any atom is -0.382 e. The fourth-order valence-corrected chi connectivity index (χ4v) is 3.43. The Morgan fingerprint density at radius 2 is 1.93 bits per heavy atom. The van der Waals surface area contributed by atoms with Gasteiger partial charge in [-0.1, -0.05) is 0 Å². The summed E-state index contributed by atoms with van der Waals surface area (Å²) in [5, 5.41) is 0. The van der Waals surface area contributed by atoms with Gasteiger partial charge in [0.15, 0.2) is 0 Å². The second kappa shape index (κ2) is 9.71. The van der Waals surface area contributed by atoms with Crippen LogP contribution in [0.25, 0.3) is 0 Å². The molecule has 2 aromatic heterocycles. The molecule has 0 N–H and O–H groups in total. The highest BCUT2D eigenvalue weighted by molar-refractivity contribution is 5.94. The topological polar surface area (TPSA) is 77.4 Å². The number of aromatic nitrogens is 3. The average molecular weight is 384 g/mol. The van der Waals surface area contributed by atoms with Crippen LogP contribution >= 0.6 is 0 Å². The number of ether oxygens (including phenoxy) is 2. The van der Waals surface area contributed by atoms with Crippen LogP contribution in [0.5, 0.6) is 0 Å². The normalized spacial score (nSPS) is 15.0. The zero-order valence-corrected chi connectivity index (χ0v) is 16.9. The summed E-state index contributed by atoms with van der Waals surface area (Å²) in [4.78, 5) is 27.9. The van der Waals surface area contributed by atoms with Crippen molar-refractivity contribution in [2.75, 3.05) is 33.4 Å². The van der Waals surface area contributed by atoms with Crippen molar-refractivity contribution in [2.45, 2.75) is 39.2 Å². The van der Waals surface area contributed by atoms with Crippen molar-refractivity contribution in [3.63, 3.8) is 0 Å². The summed E-state index contributed by atoms with van der Waals surface area (Å²) in [5.74, 6) is 1.12. The highest BCUT2D eigenvalue weighted by atomic mass is 16.5. The molecule has 0 spiro atoms. The molecule has 7 nitrogen and oxygen atoms in total. The molecule has 1 aliphatic heterocycles. The number of methoxy groups -OCH3 is 1. The SMILES string of the molecule is COCCOCc1cnc(C)nc1C1CCN(C(=O)c2ccc(C)nc2)CC1. The van der Waals surface area contributed by atoms with Crippen molar-refractivity contribution in [3.05, 3.63) is 52.9 Å². The Kier molecular flexibility index (Phi) is 7.06. The number of aryl methyl sites for hydroxylation is 2. The third kappa shape index (κ3) is 5.11. The number of nitrogens with zero attached hydrogens (tertiary/aromatic N) is 4. The maximum atomic E-state index is 12.7. The molecule has 0 saturated carbocycles. The molecule has 0 aromatic carbocycles. The first kappa shape index (κ1) is 20.4. The zero-order valence-electron chi connectivity index (χ0n) is 16.9. The first-order valence-electron chi connectivity index (χ1n) is 9.69. The first-order valence-corrected chi connectivity index (χ1v) is 9.69. The van der Waals surface area contributed by atoms with Gasteiger partial charge < -0.3 is 14.4 Å². The molecule has 1 aliphatic rings. The molecule has 0 aliphatic carbocycles. The number of piperidine rings is 1. The molecule has 1 saturated heterocycles. The lowest BCUT2D eigenvalue weighted by Gasteiger charge is -2.32. The fourth-order valence-electron chi connectivity index (χ4n) is 3.43. The Balaban J connectivity index is 1.63. The van der Waals surface area contributed by atoms with Crippen LogP contribution in [0.1, 0.15) is 51.9 Å². The minimum atomic E-state index is 0.0490. The molecule has 0 atom stereocenters. The Hall–Kier alpha value is -2.38. The van der Waals surface area contributed by atoms with Gasteiger partial charge in [0, 0.05) is 49.8 Å². The summed E-state index contributed by atoms with van der Waals surface area (Å²) in [6.07, 6.45) is 5.28. The van der Waals surface area contributed by atoms with Gasteiger partial charge in [-0.15, -0.1) is 0 Å². The number of rotatable bonds is 7. The van der Waals surface area contributed by atoms with Gasteiger partial charge in [-0.05, 0) is 38.8 Å². The Morgan fingerprint density at radius 1 is 1.14 bits per heavy atom. The summed E-state index contributed by atoms with van der Waals surface area (Å²) in [6, 6.07) is 3.72. The highest BCUT2D eigenvalue weighted by Crippen LogP contribution is 2.30. The van der Waals surface area contributed by atoms with Gasteiger partial charge in [-0.25, -0.2) is 9.97 Å². The second-order valence-electron chi connectivity index (χ2n) is 7.13. The van der Waals surface area contributed by atoms with Crippen LogP contribution in [0, 0.1) is 13.8 Å². The van der Waals surface area contributed by atoms with Crippen molar-refractivity contribution in [2.24, 2.45) is 0 Å². The van der Waals surface area contributed by atoms with E-state index in [0.29, 0.717) is 44.4 Å². The van der Waals surface area contributed by atoms with E-state index in [9.17, 15) is 4.79 Å². The van der Waals surface area contributed by atoms with Gasteiger partial charge in [0.05, 0.1) is 31.1 Å². The molecule has 7 heteroatoms. The largest absolute Gasteiger partial charge is 0.382 e. The van der Waals surface area contributed by atoms with E-state index in [-0.39, 0.29) is 5.91 Å². The molecule has 0 unspecified atom stereocenters. The fraction of sp³-hybridized carbons (Fsp3) is 0.524. The summed E-state index contributed by atoms with van der Waals surface area (Å²) in [5.41, 5.74) is 3.63. The number of hydrogen-bond acceptors (Lipinski definition) is 6. The quantitative estimate of drug-likeness (QED) is 0.683. The van der Waals surface area contributed by atoms with Crippen LogP contribution in [0.4, 0.5) is 0 Å². The van der Waals surface area contributed by atoms with Crippen molar-refractivity contribution in [3.8, 4) is 0 Å². The number of likely N-dealkylation sites (tertiary alicyclic amines) is 1. The van der Waals surface area contributed by atoms with Gasteiger partial charge in [0.2, 0.25) is 0 Å². The highest BCUT2D eigenvalue weighted by Gasteiger charge is 2.27. The van der Waals surface area contributed by atoms with E-state index in [0.717, 1.165) is 35.6 Å². The summed E-state index contributed by atoms with van der Waals surface area (Å²) >= 11 is 0. The van der Waals surface area contributed by atoms with Crippen LogP contribution in [0.15, 0.2) is 24.5 Å². The van der Waals surface area contributed by atoms with Crippen molar-refractivity contribution in [1.82, 2.24) is 19.9 Å². The van der Waals surface area contributed by atoms with Gasteiger partial charge >= 0.3 is 0 Å². The molecular formula is C21H28N4O3. The molecule has 28 heavy (non-hydrogen) atoms. The molecule has 0 radical (unpaired) electrons. The predicted molar refractivity (Wildman–Crippen MR) is 105 cm³/mol. The molecule has 2 aromatic rings. The van der Waals surface area contributed by atoms with Crippen molar-refractivity contribution < 1.29 is 14.3 Å². The molecule has 3 rings (SSSR count). The monoisotopic (exact) mass is 384 g/mol. The lowest BCUT2D eigenvalue weighted by atomic mass is 9.90. The lowest BCUT2D eigenvalue weighted by molar-refractivity contribution is 0.0604. The maximum Gasteiger partial charge on any atom is 0.255 e. The molecule has 1 amide bonds. The van der Waals surface area contributed by atoms with Crippen LogP contribution in [-0.4, -0.2) is 59.2 Å². The van der Waals surface area contributed by atoms with E-state index in [1.54, 1.807) is 13.3 Å². The van der Waals surface area contributed by atoms with E-state index in [4.69, 9.17) is 14.5 Å². The number of pyridine rings is 1. The third-order valence-corrected chi connectivity index (χ3v) is 5.04. The second-order valence-corrected chi connectivity index (χ2v) is 7.13. The van der Waals surface area contributed by atoms with Crippen molar-refractivity contribution >= 4 is 5.91 Å². The molecule has 150 valence electrons. The van der Waals surface area contributed by atoms with Crippen LogP contribution in [0.2, 0.25) is 0 Å². The van der Waals surface area contributed by atoms with Gasteiger partial charge in [-0.3, -0.25) is 9.78 Å². The van der Waals surface area contributed by atoms with Crippen LogP contribution in [0.3, 0.4) is 0 Å². The summed E-state index contributed by atoms with van der Waals surface area (Å²) in [6.45, 7) is 6.84. The van der Waals surface area contributed by atoms with Crippen LogP contribution in [-0.2, 0) is 16.1 Å². The standard InChI is InChI=1S/C21H28N4O3/c1-15-4-5-18(12-22-15)21(26)25-8-6-17(7-9-25)20-19(13-23-16(2)24-20)14-28-11-10-27-3/h4-5,12-13,17H,6-11,14H2,1-3H3. The molecule has 0 bridgehead atoms. The third-order valence-electron chi connectivity index (χ3n) is 5.04. The average Bonchev–Trinajstić information content (AvgIpc) is 2.72. The minimum absolute atomic E-state index is 0.0490. The van der Waals surface area contributed by atoms with Gasteiger partial charge in [-0.2, -0.15) is 0 Å². The Labute approximate surface area is 166 Å². The molecule has 1 fully saturated rings. The van der Waals surface area contributed by atoms with E-state index in [1.807, 2.05) is 37.1 Å². The Bertz CT molecular complexity index is 787. The number of amides is 1. The number of carbonyl (C=O) groups is 1. The predicted octanol–water partition coefficient (Wildman–Crippen LogP) is 2.67. The zero-order chi connectivity index (χ0) is 19.9. The summed E-state index contributed by atoms with van der Waals surface area (Å²) < 4.78 is 10.7. The van der Waals surface area contributed by atoms with E-state index in [2.05, 4.69) is 9.97 Å². The van der Waals surface area contributed by atoms with Crippen molar-refractivity contribution in [1.29, 1.82) is 0 Å². The maximum absolute atomic E-state index is 12.7.